The molecule has 0 spiro atoms. The standard InChI is InChI=1S/C23H29FN2O2/c1-17(2)28-22-11-7-18(8-12-22)14-25-23(27)20-4-3-13-26(16-20)15-19-5-9-21(24)10-6-19/h5-12,17,20H,3-4,13-16H2,1-2H3,(H,25,27)/t20-/m0/s1. The number of rotatable bonds is 7. The lowest BCUT2D eigenvalue weighted by atomic mass is 9.96. The summed E-state index contributed by atoms with van der Waals surface area (Å²) in [6.45, 7) is 6.98. The quantitative estimate of drug-likeness (QED) is 0.780. The van der Waals surface area contributed by atoms with Crippen LogP contribution in [0.3, 0.4) is 0 Å². The maximum Gasteiger partial charge on any atom is 0.224 e. The van der Waals surface area contributed by atoms with E-state index < -0.39 is 0 Å². The van der Waals surface area contributed by atoms with Gasteiger partial charge in [-0.1, -0.05) is 24.3 Å². The van der Waals surface area contributed by atoms with Crippen molar-refractivity contribution in [3.63, 3.8) is 0 Å². The normalized spacial score (nSPS) is 17.5. The van der Waals surface area contributed by atoms with Gasteiger partial charge < -0.3 is 10.1 Å². The minimum atomic E-state index is -0.219. The van der Waals surface area contributed by atoms with Crippen molar-refractivity contribution >= 4 is 5.91 Å². The minimum Gasteiger partial charge on any atom is -0.491 e. The number of carbonyl (C=O) groups excluding carboxylic acids is 1. The molecule has 1 saturated heterocycles. The Hall–Kier alpha value is -2.40. The van der Waals surface area contributed by atoms with Crippen LogP contribution < -0.4 is 10.1 Å². The first kappa shape index (κ1) is 20.3. The molecule has 1 aliphatic rings. The topological polar surface area (TPSA) is 41.6 Å². The zero-order valence-electron chi connectivity index (χ0n) is 16.7. The molecule has 150 valence electrons. The first-order valence-electron chi connectivity index (χ1n) is 9.99. The number of hydrogen-bond donors (Lipinski definition) is 1. The van der Waals surface area contributed by atoms with E-state index in [4.69, 9.17) is 4.74 Å². The van der Waals surface area contributed by atoms with Crippen LogP contribution in [0.15, 0.2) is 48.5 Å². The van der Waals surface area contributed by atoms with Gasteiger partial charge in [0.05, 0.1) is 12.0 Å². The highest BCUT2D eigenvalue weighted by Crippen LogP contribution is 2.19. The van der Waals surface area contributed by atoms with Gasteiger partial charge in [-0.15, -0.1) is 0 Å². The molecule has 28 heavy (non-hydrogen) atoms. The first-order valence-corrected chi connectivity index (χ1v) is 9.99. The molecule has 2 aromatic rings. The lowest BCUT2D eigenvalue weighted by Crippen LogP contribution is -2.42. The Morgan fingerprint density at radius 3 is 2.50 bits per heavy atom. The van der Waals surface area contributed by atoms with Crippen molar-refractivity contribution in [3.8, 4) is 5.75 Å². The molecular weight excluding hydrogens is 355 g/mol. The van der Waals surface area contributed by atoms with Gasteiger partial charge in [-0.25, -0.2) is 4.39 Å². The van der Waals surface area contributed by atoms with Crippen molar-refractivity contribution in [2.24, 2.45) is 5.92 Å². The van der Waals surface area contributed by atoms with E-state index in [2.05, 4.69) is 10.2 Å². The Balaban J connectivity index is 1.47. The summed E-state index contributed by atoms with van der Waals surface area (Å²) in [4.78, 5) is 14.9. The first-order chi connectivity index (χ1) is 13.5. The molecular formula is C23H29FN2O2. The molecule has 0 saturated carbocycles. The zero-order valence-corrected chi connectivity index (χ0v) is 16.7. The Bertz CT molecular complexity index is 759. The number of hydrogen-bond acceptors (Lipinski definition) is 3. The second-order valence-corrected chi connectivity index (χ2v) is 7.73. The maximum absolute atomic E-state index is 13.1. The number of benzene rings is 2. The third-order valence-electron chi connectivity index (χ3n) is 4.96. The monoisotopic (exact) mass is 384 g/mol. The van der Waals surface area contributed by atoms with Gasteiger partial charge in [0, 0.05) is 19.6 Å². The van der Waals surface area contributed by atoms with Crippen LogP contribution in [-0.4, -0.2) is 30.0 Å². The highest BCUT2D eigenvalue weighted by Gasteiger charge is 2.25. The van der Waals surface area contributed by atoms with Gasteiger partial charge in [0.15, 0.2) is 0 Å². The van der Waals surface area contributed by atoms with Crippen LogP contribution in [0.25, 0.3) is 0 Å². The highest BCUT2D eigenvalue weighted by molar-refractivity contribution is 5.79. The van der Waals surface area contributed by atoms with Crippen molar-refractivity contribution in [1.29, 1.82) is 0 Å². The number of amides is 1. The molecule has 0 bridgehead atoms. The Morgan fingerprint density at radius 2 is 1.82 bits per heavy atom. The largest absolute Gasteiger partial charge is 0.491 e. The van der Waals surface area contributed by atoms with Crippen molar-refractivity contribution in [1.82, 2.24) is 10.2 Å². The van der Waals surface area contributed by atoms with E-state index in [1.807, 2.05) is 50.2 Å². The molecule has 1 aliphatic heterocycles. The number of piperidine rings is 1. The summed E-state index contributed by atoms with van der Waals surface area (Å²) in [6.07, 6.45) is 2.06. The second-order valence-electron chi connectivity index (χ2n) is 7.73. The van der Waals surface area contributed by atoms with Gasteiger partial charge in [-0.2, -0.15) is 0 Å². The molecule has 0 radical (unpaired) electrons. The van der Waals surface area contributed by atoms with Crippen molar-refractivity contribution in [2.75, 3.05) is 13.1 Å². The molecule has 1 fully saturated rings. The van der Waals surface area contributed by atoms with Crippen molar-refractivity contribution in [3.05, 3.63) is 65.5 Å². The lowest BCUT2D eigenvalue weighted by Gasteiger charge is -2.32. The zero-order chi connectivity index (χ0) is 19.9. The van der Waals surface area contributed by atoms with Gasteiger partial charge >= 0.3 is 0 Å². The van der Waals surface area contributed by atoms with E-state index in [1.54, 1.807) is 0 Å². The van der Waals surface area contributed by atoms with Crippen LogP contribution in [0.1, 0.15) is 37.8 Å². The molecule has 1 N–H and O–H groups in total. The van der Waals surface area contributed by atoms with Gasteiger partial charge in [-0.05, 0) is 68.6 Å². The van der Waals surface area contributed by atoms with Crippen LogP contribution in [-0.2, 0) is 17.9 Å². The molecule has 1 heterocycles. The molecule has 0 unspecified atom stereocenters. The average Bonchev–Trinajstić information content (AvgIpc) is 2.69. The third kappa shape index (κ3) is 6.06. The van der Waals surface area contributed by atoms with Crippen LogP contribution >= 0.6 is 0 Å². The van der Waals surface area contributed by atoms with Crippen LogP contribution in [0, 0.1) is 11.7 Å². The summed E-state index contributed by atoms with van der Waals surface area (Å²) >= 11 is 0. The van der Waals surface area contributed by atoms with Crippen molar-refractivity contribution in [2.45, 2.75) is 45.9 Å². The minimum absolute atomic E-state index is 0.00209. The number of ether oxygens (including phenoxy) is 1. The number of nitrogens with one attached hydrogen (secondary N) is 1. The molecule has 0 aliphatic carbocycles. The van der Waals surface area contributed by atoms with E-state index >= 15 is 0 Å². The maximum atomic E-state index is 13.1. The Kier molecular flexibility index (Phi) is 7.04. The summed E-state index contributed by atoms with van der Waals surface area (Å²) in [5.41, 5.74) is 2.13. The summed E-state index contributed by atoms with van der Waals surface area (Å²) in [6, 6.07) is 14.4. The lowest BCUT2D eigenvalue weighted by molar-refractivity contribution is -0.126. The van der Waals surface area contributed by atoms with Gasteiger partial charge in [0.1, 0.15) is 11.6 Å². The van der Waals surface area contributed by atoms with Crippen LogP contribution in [0.5, 0.6) is 5.75 Å². The van der Waals surface area contributed by atoms with Crippen LogP contribution in [0.4, 0.5) is 4.39 Å². The Labute approximate surface area is 166 Å². The molecule has 1 amide bonds. The number of nitrogens with zero attached hydrogens (tertiary/aromatic N) is 1. The highest BCUT2D eigenvalue weighted by atomic mass is 19.1. The van der Waals surface area contributed by atoms with E-state index in [9.17, 15) is 9.18 Å². The molecule has 2 aromatic carbocycles. The van der Waals surface area contributed by atoms with E-state index in [-0.39, 0.29) is 23.7 Å². The number of halogens is 1. The van der Waals surface area contributed by atoms with Gasteiger partial charge in [-0.3, -0.25) is 9.69 Å². The predicted molar refractivity (Wildman–Crippen MR) is 108 cm³/mol. The molecule has 1 atom stereocenters. The summed E-state index contributed by atoms with van der Waals surface area (Å²) in [5, 5.41) is 3.06. The molecule has 4 nitrogen and oxygen atoms in total. The fourth-order valence-corrected chi connectivity index (χ4v) is 3.55. The second kappa shape index (κ2) is 9.69. The van der Waals surface area contributed by atoms with Crippen molar-refractivity contribution < 1.29 is 13.9 Å². The van der Waals surface area contributed by atoms with Crippen LogP contribution in [0.2, 0.25) is 0 Å². The van der Waals surface area contributed by atoms with Gasteiger partial charge in [0.2, 0.25) is 5.91 Å². The summed E-state index contributed by atoms with van der Waals surface area (Å²) in [5.74, 6) is 0.723. The summed E-state index contributed by atoms with van der Waals surface area (Å²) < 4.78 is 18.7. The SMILES string of the molecule is CC(C)Oc1ccc(CNC(=O)[C@H]2CCCN(Cc3ccc(F)cc3)C2)cc1. The number of likely N-dealkylation sites (tertiary alicyclic amines) is 1. The third-order valence-corrected chi connectivity index (χ3v) is 4.96. The molecule has 3 rings (SSSR count). The number of carbonyl (C=O) groups is 1. The smallest absolute Gasteiger partial charge is 0.224 e. The summed E-state index contributed by atoms with van der Waals surface area (Å²) in [7, 11) is 0. The van der Waals surface area contributed by atoms with E-state index in [0.717, 1.165) is 49.4 Å². The van der Waals surface area contributed by atoms with E-state index in [0.29, 0.717) is 6.54 Å². The van der Waals surface area contributed by atoms with Gasteiger partial charge in [0.25, 0.3) is 0 Å². The Morgan fingerprint density at radius 1 is 1.14 bits per heavy atom. The molecule has 0 aromatic heterocycles. The average molecular weight is 384 g/mol. The predicted octanol–water partition coefficient (Wildman–Crippen LogP) is 4.14. The van der Waals surface area contributed by atoms with E-state index in [1.165, 1.54) is 12.1 Å². The fraction of sp³-hybridized carbons (Fsp3) is 0.435. The fourth-order valence-electron chi connectivity index (χ4n) is 3.55. The molecule has 5 heteroatoms.